The van der Waals surface area contributed by atoms with Gasteiger partial charge in [0.25, 0.3) is 11.5 Å². The molecule has 31 heavy (non-hydrogen) atoms. The van der Waals surface area contributed by atoms with Crippen LogP contribution in [-0.4, -0.2) is 73.3 Å². The van der Waals surface area contributed by atoms with E-state index in [0.717, 1.165) is 0 Å². The molecule has 3 aromatic rings. The van der Waals surface area contributed by atoms with Gasteiger partial charge in [0.15, 0.2) is 0 Å². The van der Waals surface area contributed by atoms with Crippen molar-refractivity contribution in [3.8, 4) is 0 Å². The van der Waals surface area contributed by atoms with Crippen LogP contribution in [0.15, 0.2) is 91.0 Å². The Morgan fingerprint density at radius 3 is 0.871 bits per heavy atom. The summed E-state index contributed by atoms with van der Waals surface area (Å²) in [7, 11) is 12.5. The van der Waals surface area contributed by atoms with Gasteiger partial charge in [-0.2, -0.15) is 0 Å². The number of hydrogen-bond donors (Lipinski definition) is 0. The molecule has 0 aliphatic rings. The third kappa shape index (κ3) is 5.87. The fourth-order valence-corrected chi connectivity index (χ4v) is 15.1. The van der Waals surface area contributed by atoms with Crippen molar-refractivity contribution in [3.05, 3.63) is 91.0 Å². The van der Waals surface area contributed by atoms with Crippen LogP contribution >= 0.6 is 0 Å². The summed E-state index contributed by atoms with van der Waals surface area (Å²) in [5.41, 5.74) is 0. The van der Waals surface area contributed by atoms with Crippen molar-refractivity contribution >= 4 is 40.3 Å². The number of hydrogen-bond acceptors (Lipinski definition) is 3. The van der Waals surface area contributed by atoms with E-state index in [2.05, 4.69) is 55.2 Å². The summed E-state index contributed by atoms with van der Waals surface area (Å²) >= 11 is -6.33. The molecule has 0 unspecified atom stereocenters. The van der Waals surface area contributed by atoms with Crippen molar-refractivity contribution < 1.29 is 5.73 Å². The van der Waals surface area contributed by atoms with Crippen LogP contribution < -0.4 is 10.7 Å². The van der Waals surface area contributed by atoms with Gasteiger partial charge >= 0.3 is 126 Å². The Labute approximate surface area is 191 Å². The molecule has 0 aliphatic heterocycles. The molecule has 3 rings (SSSR count). The van der Waals surface area contributed by atoms with E-state index >= 15 is 5.73 Å². The van der Waals surface area contributed by atoms with Gasteiger partial charge in [0.2, 0.25) is 0 Å². The molecule has 0 atom stereocenters. The van der Waals surface area contributed by atoms with E-state index in [1.807, 2.05) is 0 Å². The first-order valence-corrected chi connectivity index (χ1v) is 17.6. The van der Waals surface area contributed by atoms with Crippen LogP contribution in [-0.2, 0) is 11.5 Å². The van der Waals surface area contributed by atoms with E-state index in [9.17, 15) is 0 Å². The van der Waals surface area contributed by atoms with Crippen LogP contribution in [0.2, 0.25) is 0 Å². The molecule has 0 N–H and O–H groups in total. The Kier molecular flexibility index (Phi) is 9.09. The summed E-state index contributed by atoms with van der Waals surface area (Å²) < 4.78 is 39.6. The van der Waals surface area contributed by atoms with Gasteiger partial charge in [-0.1, -0.05) is 12.9 Å². The van der Waals surface area contributed by atoms with Crippen LogP contribution in [0.25, 0.3) is 0 Å². The molecule has 168 valence electrons. The van der Waals surface area contributed by atoms with E-state index < -0.39 is 18.1 Å². The standard InChI is InChI=1S/C6H18N3S.3C6H5.2FH.Sn/c1-7(2)10(8(3)4)9(5)6;3*1-2-4-6-5-3-1;;;/h1-6H3;3*1-5H;2*1H;/q+1;;;;;;+1/p-2. The first kappa shape index (κ1) is 25.8. The summed E-state index contributed by atoms with van der Waals surface area (Å²) in [5, 5.41) is 0. The van der Waals surface area contributed by atoms with Gasteiger partial charge in [-0.3, -0.25) is 0 Å². The Balaban J connectivity index is 0.000000291. The SMILES string of the molecule is CN(C)[S+](N(C)C)N(C)C.[F][Sn-]([F])([c]1ccccc1)([c]1ccccc1)[c]1ccccc1. The summed E-state index contributed by atoms with van der Waals surface area (Å²) in [6, 6.07) is 24.8. The first-order valence-electron chi connectivity index (χ1n) is 10.1. The molecular formula is C24H33F2N3SSn. The van der Waals surface area contributed by atoms with Crippen LogP contribution in [0.1, 0.15) is 0 Å². The summed E-state index contributed by atoms with van der Waals surface area (Å²) in [6.45, 7) is 0. The first-order chi connectivity index (χ1) is 14.6. The maximum absolute atomic E-state index is 16.2. The van der Waals surface area contributed by atoms with Crippen LogP contribution in [0.4, 0.5) is 5.73 Å². The van der Waals surface area contributed by atoms with Crippen molar-refractivity contribution in [2.45, 2.75) is 0 Å². The van der Waals surface area contributed by atoms with Crippen molar-refractivity contribution in [1.29, 1.82) is 0 Å². The van der Waals surface area contributed by atoms with E-state index in [4.69, 9.17) is 0 Å². The minimum atomic E-state index is -6.45. The molecule has 0 saturated heterocycles. The molecule has 0 aromatic heterocycles. The number of nitrogens with zero attached hydrogens (tertiary/aromatic N) is 3. The van der Waals surface area contributed by atoms with Crippen molar-refractivity contribution in [2.24, 2.45) is 0 Å². The molecule has 0 amide bonds. The van der Waals surface area contributed by atoms with Crippen molar-refractivity contribution in [3.63, 3.8) is 0 Å². The predicted octanol–water partition coefficient (Wildman–Crippen LogP) is 3.08. The monoisotopic (exact) mass is 553 g/mol. The zero-order chi connectivity index (χ0) is 23.1. The zero-order valence-corrected chi connectivity index (χ0v) is 22.8. The summed E-state index contributed by atoms with van der Waals surface area (Å²) in [5.74, 6) is 0. The number of rotatable bonds is 6. The molecule has 0 bridgehead atoms. The molecule has 7 heteroatoms. The van der Waals surface area contributed by atoms with Gasteiger partial charge in [-0.15, -0.1) is 0 Å². The quantitative estimate of drug-likeness (QED) is 0.344. The van der Waals surface area contributed by atoms with Gasteiger partial charge in [-0.25, -0.2) is 0 Å². The summed E-state index contributed by atoms with van der Waals surface area (Å²) in [6.07, 6.45) is 0. The van der Waals surface area contributed by atoms with E-state index in [-0.39, 0.29) is 22.2 Å². The molecule has 3 aromatic carbocycles. The van der Waals surface area contributed by atoms with Gasteiger partial charge in [-0.05, 0) is 0 Å². The molecule has 3 nitrogen and oxygen atoms in total. The van der Waals surface area contributed by atoms with Gasteiger partial charge in [0.05, 0.1) is 0 Å². The fourth-order valence-electron chi connectivity index (χ4n) is 3.67. The van der Waals surface area contributed by atoms with Gasteiger partial charge in [0.1, 0.15) is 0 Å². The van der Waals surface area contributed by atoms with Crippen LogP contribution in [0, 0.1) is 0 Å². The van der Waals surface area contributed by atoms with E-state index in [1.54, 1.807) is 91.0 Å². The molecule has 0 heterocycles. The minimum absolute atomic E-state index is 0.120. The van der Waals surface area contributed by atoms with E-state index in [1.165, 1.54) is 0 Å². The summed E-state index contributed by atoms with van der Waals surface area (Å²) in [4.78, 5) is 0. The molecule has 0 spiro atoms. The Morgan fingerprint density at radius 1 is 0.484 bits per heavy atom. The normalized spacial score (nSPS) is 13.1. The number of halogens is 2. The van der Waals surface area contributed by atoms with Gasteiger partial charge in [0, 0.05) is 42.3 Å². The molecule has 0 aliphatic carbocycles. The second kappa shape index (κ2) is 10.9. The van der Waals surface area contributed by atoms with E-state index in [0.29, 0.717) is 0 Å². The second-order valence-electron chi connectivity index (χ2n) is 7.79. The predicted molar refractivity (Wildman–Crippen MR) is 135 cm³/mol. The Morgan fingerprint density at radius 2 is 0.710 bits per heavy atom. The third-order valence-electron chi connectivity index (χ3n) is 4.82. The van der Waals surface area contributed by atoms with Crippen molar-refractivity contribution in [1.82, 2.24) is 12.9 Å². The second-order valence-corrected chi connectivity index (χ2v) is 21.2. The average molecular weight is 552 g/mol. The third-order valence-corrected chi connectivity index (χ3v) is 18.3. The number of benzene rings is 3. The topological polar surface area (TPSA) is 9.72 Å². The molecule has 0 radical (unpaired) electrons. The average Bonchev–Trinajstić information content (AvgIpc) is 2.75. The van der Waals surface area contributed by atoms with Gasteiger partial charge < -0.3 is 0 Å². The fraction of sp³-hybridized carbons (Fsp3) is 0.250. The van der Waals surface area contributed by atoms with Crippen molar-refractivity contribution in [2.75, 3.05) is 42.3 Å². The van der Waals surface area contributed by atoms with Crippen LogP contribution in [0.5, 0.6) is 0 Å². The zero-order valence-electron chi connectivity index (χ0n) is 19.2. The van der Waals surface area contributed by atoms with Crippen LogP contribution in [0.3, 0.4) is 0 Å². The molecule has 0 saturated carbocycles. The Hall–Kier alpha value is -1.45. The molecule has 0 fully saturated rings. The Bertz CT molecular complexity index is 801. The molecular weight excluding hydrogens is 519 g/mol. The maximum atomic E-state index is 16.2.